The van der Waals surface area contributed by atoms with Gasteiger partial charge in [-0.05, 0) is 30.0 Å². The van der Waals surface area contributed by atoms with E-state index in [2.05, 4.69) is 4.98 Å². The summed E-state index contributed by atoms with van der Waals surface area (Å²) in [4.78, 5) is 4.01. The summed E-state index contributed by atoms with van der Waals surface area (Å²) < 4.78 is 0. The van der Waals surface area contributed by atoms with Crippen LogP contribution in [0.5, 0.6) is 0 Å². The molecule has 0 spiro atoms. The smallest absolute Gasteiger partial charge is 0.126 e. The van der Waals surface area contributed by atoms with Crippen molar-refractivity contribution in [1.82, 2.24) is 4.98 Å². The molecular formula is C8H13Cl2N3. The lowest BCUT2D eigenvalue weighted by Crippen LogP contribution is -2.05. The van der Waals surface area contributed by atoms with E-state index >= 15 is 0 Å². The van der Waals surface area contributed by atoms with Crippen molar-refractivity contribution < 1.29 is 0 Å². The summed E-state index contributed by atoms with van der Waals surface area (Å²) >= 11 is 0. The van der Waals surface area contributed by atoms with Crippen molar-refractivity contribution in [2.24, 2.45) is 5.73 Å². The van der Waals surface area contributed by atoms with Crippen LogP contribution in [-0.4, -0.2) is 4.98 Å². The molecule has 74 valence electrons. The molecule has 13 heavy (non-hydrogen) atoms. The molecule has 0 amide bonds. The van der Waals surface area contributed by atoms with Crippen LogP contribution < -0.4 is 11.5 Å². The van der Waals surface area contributed by atoms with E-state index in [1.807, 2.05) is 6.07 Å². The molecular weight excluding hydrogens is 209 g/mol. The van der Waals surface area contributed by atoms with Gasteiger partial charge < -0.3 is 11.5 Å². The predicted octanol–water partition coefficient (Wildman–Crippen LogP) is 1.45. The number of pyridine rings is 1. The van der Waals surface area contributed by atoms with Crippen LogP contribution in [0, 0.1) is 0 Å². The van der Waals surface area contributed by atoms with E-state index in [1.165, 1.54) is 5.56 Å². The van der Waals surface area contributed by atoms with Gasteiger partial charge in [0.1, 0.15) is 5.82 Å². The van der Waals surface area contributed by atoms with Crippen LogP contribution in [0.25, 0.3) is 0 Å². The summed E-state index contributed by atoms with van der Waals surface area (Å²) in [6, 6.07) is 2.14. The number of nitrogen functional groups attached to an aromatic ring is 1. The van der Waals surface area contributed by atoms with Crippen molar-refractivity contribution in [3.8, 4) is 0 Å². The lowest BCUT2D eigenvalue weighted by Gasteiger charge is -2.04. The van der Waals surface area contributed by atoms with Crippen LogP contribution in [0.1, 0.15) is 23.6 Å². The van der Waals surface area contributed by atoms with Crippen molar-refractivity contribution in [2.75, 3.05) is 5.73 Å². The number of aromatic nitrogens is 1. The van der Waals surface area contributed by atoms with Crippen molar-refractivity contribution in [3.05, 3.63) is 23.4 Å². The minimum absolute atomic E-state index is 0. The van der Waals surface area contributed by atoms with Gasteiger partial charge in [-0.25, -0.2) is 4.98 Å². The Labute approximate surface area is 89.7 Å². The van der Waals surface area contributed by atoms with Crippen LogP contribution in [0.3, 0.4) is 0 Å². The Morgan fingerprint density at radius 3 is 2.69 bits per heavy atom. The normalized spacial score (nSPS) is 18.4. The van der Waals surface area contributed by atoms with E-state index in [4.69, 9.17) is 11.5 Å². The Balaban J connectivity index is 0.000000720. The lowest BCUT2D eigenvalue weighted by molar-refractivity contribution is 0.713. The molecule has 1 aromatic heterocycles. The summed E-state index contributed by atoms with van der Waals surface area (Å²) in [5, 5.41) is 0. The molecule has 5 heteroatoms. The van der Waals surface area contributed by atoms with E-state index in [0.29, 0.717) is 5.82 Å². The third-order valence-corrected chi connectivity index (χ3v) is 2.23. The van der Waals surface area contributed by atoms with Crippen molar-refractivity contribution in [3.63, 3.8) is 0 Å². The highest BCUT2D eigenvalue weighted by Gasteiger charge is 2.20. The molecule has 0 aromatic carbocycles. The SMILES string of the molecule is Cl.Cl.Nc1nccc2c1CCC2N. The van der Waals surface area contributed by atoms with Gasteiger partial charge in [-0.2, -0.15) is 0 Å². The fourth-order valence-electron chi connectivity index (χ4n) is 1.60. The maximum absolute atomic E-state index is 5.83. The van der Waals surface area contributed by atoms with Gasteiger partial charge in [0.2, 0.25) is 0 Å². The van der Waals surface area contributed by atoms with E-state index in [1.54, 1.807) is 6.20 Å². The Kier molecular flexibility index (Phi) is 4.47. The molecule has 0 bridgehead atoms. The second-order valence-electron chi connectivity index (χ2n) is 2.91. The minimum atomic E-state index is 0. The highest BCUT2D eigenvalue weighted by Crippen LogP contribution is 2.31. The summed E-state index contributed by atoms with van der Waals surface area (Å²) in [5.41, 5.74) is 13.8. The largest absolute Gasteiger partial charge is 0.383 e. The molecule has 0 aliphatic heterocycles. The first-order valence-corrected chi connectivity index (χ1v) is 3.78. The lowest BCUT2D eigenvalue weighted by atomic mass is 10.1. The fraction of sp³-hybridized carbons (Fsp3) is 0.375. The van der Waals surface area contributed by atoms with Crippen LogP contribution in [-0.2, 0) is 6.42 Å². The van der Waals surface area contributed by atoms with Gasteiger partial charge in [0.05, 0.1) is 0 Å². The highest BCUT2D eigenvalue weighted by molar-refractivity contribution is 5.85. The number of hydrogen-bond donors (Lipinski definition) is 2. The monoisotopic (exact) mass is 221 g/mol. The van der Waals surface area contributed by atoms with Crippen molar-refractivity contribution in [2.45, 2.75) is 18.9 Å². The average Bonchev–Trinajstić information content (AvgIpc) is 2.35. The Morgan fingerprint density at radius 1 is 1.38 bits per heavy atom. The number of rotatable bonds is 0. The Bertz CT molecular complexity index is 291. The minimum Gasteiger partial charge on any atom is -0.383 e. The first-order chi connectivity index (χ1) is 5.29. The Morgan fingerprint density at radius 2 is 2.08 bits per heavy atom. The van der Waals surface area contributed by atoms with Gasteiger partial charge in [-0.3, -0.25) is 0 Å². The molecule has 1 aliphatic carbocycles. The molecule has 0 saturated heterocycles. The van der Waals surface area contributed by atoms with Gasteiger partial charge in [0.25, 0.3) is 0 Å². The number of halogens is 2. The number of nitrogens with two attached hydrogens (primary N) is 2. The van der Waals surface area contributed by atoms with E-state index in [9.17, 15) is 0 Å². The van der Waals surface area contributed by atoms with Crippen LogP contribution in [0.4, 0.5) is 5.82 Å². The summed E-state index contributed by atoms with van der Waals surface area (Å²) in [7, 11) is 0. The molecule has 3 nitrogen and oxygen atoms in total. The quantitative estimate of drug-likeness (QED) is 0.698. The fourth-order valence-corrected chi connectivity index (χ4v) is 1.60. The zero-order valence-electron chi connectivity index (χ0n) is 7.06. The van der Waals surface area contributed by atoms with Crippen LogP contribution >= 0.6 is 24.8 Å². The average molecular weight is 222 g/mol. The number of anilines is 1. The molecule has 4 N–H and O–H groups in total. The predicted molar refractivity (Wildman–Crippen MR) is 58.4 cm³/mol. The van der Waals surface area contributed by atoms with Crippen molar-refractivity contribution >= 4 is 30.6 Å². The maximum atomic E-state index is 5.83. The number of nitrogens with zero attached hydrogens (tertiary/aromatic N) is 1. The summed E-state index contributed by atoms with van der Waals surface area (Å²) in [6.07, 6.45) is 3.71. The molecule has 0 fully saturated rings. The highest BCUT2D eigenvalue weighted by atomic mass is 35.5. The van der Waals surface area contributed by atoms with Crippen LogP contribution in [0.2, 0.25) is 0 Å². The molecule has 0 saturated carbocycles. The van der Waals surface area contributed by atoms with Gasteiger partial charge >= 0.3 is 0 Å². The number of hydrogen-bond acceptors (Lipinski definition) is 3. The molecule has 1 aliphatic rings. The van der Waals surface area contributed by atoms with E-state index < -0.39 is 0 Å². The third kappa shape index (κ3) is 2.05. The molecule has 0 radical (unpaired) electrons. The van der Waals surface area contributed by atoms with Crippen molar-refractivity contribution in [1.29, 1.82) is 0 Å². The molecule has 1 aromatic rings. The first kappa shape index (κ1) is 12.5. The zero-order valence-corrected chi connectivity index (χ0v) is 8.70. The molecule has 1 heterocycles. The van der Waals surface area contributed by atoms with E-state index in [-0.39, 0.29) is 30.9 Å². The number of fused-ring (bicyclic) bond motifs is 1. The molecule has 1 unspecified atom stereocenters. The van der Waals surface area contributed by atoms with Gasteiger partial charge in [-0.15, -0.1) is 24.8 Å². The van der Waals surface area contributed by atoms with Gasteiger partial charge in [-0.1, -0.05) is 0 Å². The van der Waals surface area contributed by atoms with Gasteiger partial charge in [0, 0.05) is 12.2 Å². The first-order valence-electron chi connectivity index (χ1n) is 3.78. The maximum Gasteiger partial charge on any atom is 0.126 e. The third-order valence-electron chi connectivity index (χ3n) is 2.23. The zero-order chi connectivity index (χ0) is 7.84. The molecule has 2 rings (SSSR count). The van der Waals surface area contributed by atoms with Crippen LogP contribution in [0.15, 0.2) is 12.3 Å². The van der Waals surface area contributed by atoms with Gasteiger partial charge in [0.15, 0.2) is 0 Å². The summed E-state index contributed by atoms with van der Waals surface area (Å²) in [6.45, 7) is 0. The molecule has 1 atom stereocenters. The second-order valence-corrected chi connectivity index (χ2v) is 2.91. The van der Waals surface area contributed by atoms with E-state index in [0.717, 1.165) is 18.4 Å². The second kappa shape index (κ2) is 4.65. The Hall–Kier alpha value is -0.510. The standard InChI is InChI=1S/C8H11N3.2ClH/c9-7-2-1-6-5(7)3-4-11-8(6)10;;/h3-4,7H,1-2,9H2,(H2,10,11);2*1H. The summed E-state index contributed by atoms with van der Waals surface area (Å²) in [5.74, 6) is 0.649. The topological polar surface area (TPSA) is 64.9 Å².